The van der Waals surface area contributed by atoms with Gasteiger partial charge in [0.15, 0.2) is 11.5 Å². The van der Waals surface area contributed by atoms with Crippen molar-refractivity contribution in [1.29, 1.82) is 0 Å². The molecule has 2 aromatic heterocycles. The van der Waals surface area contributed by atoms with Gasteiger partial charge in [0, 0.05) is 31.9 Å². The highest BCUT2D eigenvalue weighted by atomic mass is 16.5. The van der Waals surface area contributed by atoms with Gasteiger partial charge in [0.05, 0.1) is 12.7 Å². The maximum Gasteiger partial charge on any atom is 0.317 e. The molecule has 1 saturated heterocycles. The van der Waals surface area contributed by atoms with Crippen LogP contribution in [0.25, 0.3) is 0 Å². The number of primary amides is 1. The molecule has 1 aliphatic heterocycles. The largest absolute Gasteiger partial charge is 0.364 e. The molecule has 1 unspecified atom stereocenters. The number of nitrogens with one attached hydrogen (secondary N) is 1. The number of carbonyl (C=O) groups excluding carboxylic acids is 2. The average Bonchev–Trinajstić information content (AvgIpc) is 3.24. The van der Waals surface area contributed by atoms with Gasteiger partial charge in [-0.3, -0.25) is 9.48 Å². The third-order valence-corrected chi connectivity index (χ3v) is 3.95. The minimum Gasteiger partial charge on any atom is -0.364 e. The predicted octanol–water partition coefficient (Wildman–Crippen LogP) is -0.0132. The Morgan fingerprint density at radius 2 is 2.33 bits per heavy atom. The summed E-state index contributed by atoms with van der Waals surface area (Å²) >= 11 is 0. The quantitative estimate of drug-likeness (QED) is 0.790. The molecule has 1 atom stereocenters. The lowest BCUT2D eigenvalue weighted by Gasteiger charge is -2.32. The van der Waals surface area contributed by atoms with E-state index >= 15 is 0 Å². The number of likely N-dealkylation sites (tertiary alicyclic amines) is 1. The summed E-state index contributed by atoms with van der Waals surface area (Å²) in [6.45, 7) is 2.27. The first kappa shape index (κ1) is 16.0. The fourth-order valence-corrected chi connectivity index (χ4v) is 2.78. The zero-order chi connectivity index (χ0) is 16.9. The number of nitrogens with zero attached hydrogens (tertiary/aromatic N) is 5. The lowest BCUT2D eigenvalue weighted by Crippen LogP contribution is -2.46. The van der Waals surface area contributed by atoms with Crippen LogP contribution in [0.1, 0.15) is 29.1 Å². The van der Waals surface area contributed by atoms with Crippen molar-refractivity contribution >= 4 is 11.9 Å². The van der Waals surface area contributed by atoms with Crippen molar-refractivity contribution in [2.45, 2.75) is 25.9 Å². The molecule has 1 fully saturated rings. The summed E-state index contributed by atoms with van der Waals surface area (Å²) in [4.78, 5) is 25.0. The Morgan fingerprint density at radius 1 is 1.46 bits per heavy atom. The van der Waals surface area contributed by atoms with Gasteiger partial charge in [0.1, 0.15) is 0 Å². The zero-order valence-corrected chi connectivity index (χ0v) is 13.1. The Hall–Kier alpha value is -2.91. The van der Waals surface area contributed by atoms with Crippen molar-refractivity contribution in [3.63, 3.8) is 0 Å². The van der Waals surface area contributed by atoms with Crippen LogP contribution in [0.2, 0.25) is 0 Å². The molecular formula is C14H19N7O3. The van der Waals surface area contributed by atoms with Crippen LogP contribution in [0, 0.1) is 5.92 Å². The van der Waals surface area contributed by atoms with E-state index in [1.165, 1.54) is 6.07 Å². The van der Waals surface area contributed by atoms with Crippen molar-refractivity contribution in [3.8, 4) is 0 Å². The fraction of sp³-hybridized carbons (Fsp3) is 0.500. The lowest BCUT2D eigenvalue weighted by molar-refractivity contribution is 0.0991. The van der Waals surface area contributed by atoms with E-state index in [2.05, 4.69) is 20.8 Å². The number of nitrogens with two attached hydrogens (primary N) is 1. The molecule has 10 nitrogen and oxygen atoms in total. The molecule has 2 aromatic rings. The molecule has 3 amide bonds. The smallest absolute Gasteiger partial charge is 0.317 e. The van der Waals surface area contributed by atoms with Gasteiger partial charge in [-0.2, -0.15) is 0 Å². The first-order valence-corrected chi connectivity index (χ1v) is 7.74. The van der Waals surface area contributed by atoms with Crippen LogP contribution in [0.3, 0.4) is 0 Å². The molecule has 24 heavy (non-hydrogen) atoms. The van der Waals surface area contributed by atoms with E-state index in [-0.39, 0.29) is 18.3 Å². The van der Waals surface area contributed by atoms with Gasteiger partial charge in [-0.15, -0.1) is 5.10 Å². The van der Waals surface area contributed by atoms with Gasteiger partial charge in [-0.05, 0) is 18.8 Å². The van der Waals surface area contributed by atoms with E-state index in [0.717, 1.165) is 19.4 Å². The number of piperidine rings is 1. The molecular weight excluding hydrogens is 314 g/mol. The molecule has 0 aromatic carbocycles. The highest BCUT2D eigenvalue weighted by Crippen LogP contribution is 2.18. The maximum absolute atomic E-state index is 12.3. The molecule has 0 saturated carbocycles. The summed E-state index contributed by atoms with van der Waals surface area (Å²) in [6.07, 6.45) is 5.46. The second-order valence-electron chi connectivity index (χ2n) is 5.78. The Morgan fingerprint density at radius 3 is 3.04 bits per heavy atom. The van der Waals surface area contributed by atoms with Crippen LogP contribution >= 0.6 is 0 Å². The van der Waals surface area contributed by atoms with Gasteiger partial charge in [0.25, 0.3) is 5.91 Å². The molecule has 3 N–H and O–H groups in total. The second kappa shape index (κ2) is 7.11. The summed E-state index contributed by atoms with van der Waals surface area (Å²) in [5.74, 6) is 0.0644. The molecule has 3 rings (SSSR count). The second-order valence-corrected chi connectivity index (χ2v) is 5.78. The molecule has 128 valence electrons. The number of urea groups is 1. The first-order valence-electron chi connectivity index (χ1n) is 7.74. The van der Waals surface area contributed by atoms with E-state index in [9.17, 15) is 9.59 Å². The molecule has 0 aliphatic carbocycles. The Labute approximate surface area is 138 Å². The predicted molar refractivity (Wildman–Crippen MR) is 81.6 cm³/mol. The topological polar surface area (TPSA) is 132 Å². The Balaban J connectivity index is 1.49. The molecule has 3 heterocycles. The summed E-state index contributed by atoms with van der Waals surface area (Å²) in [5, 5.41) is 14.0. The average molecular weight is 333 g/mol. The minimum atomic E-state index is -0.664. The summed E-state index contributed by atoms with van der Waals surface area (Å²) < 4.78 is 6.74. The third kappa shape index (κ3) is 3.89. The van der Waals surface area contributed by atoms with E-state index in [1.807, 2.05) is 6.20 Å². The van der Waals surface area contributed by atoms with Crippen LogP contribution < -0.4 is 11.1 Å². The van der Waals surface area contributed by atoms with Gasteiger partial charge < -0.3 is 20.5 Å². The van der Waals surface area contributed by atoms with Gasteiger partial charge in [-0.1, -0.05) is 10.4 Å². The minimum absolute atomic E-state index is 0.0464. The highest BCUT2D eigenvalue weighted by Gasteiger charge is 2.24. The van der Waals surface area contributed by atoms with Crippen LogP contribution in [0.4, 0.5) is 4.79 Å². The van der Waals surface area contributed by atoms with Crippen molar-refractivity contribution in [2.24, 2.45) is 11.7 Å². The van der Waals surface area contributed by atoms with Crippen LogP contribution in [-0.4, -0.2) is 50.1 Å². The summed E-state index contributed by atoms with van der Waals surface area (Å²) in [5.41, 5.74) is 5.15. The van der Waals surface area contributed by atoms with Gasteiger partial charge >= 0.3 is 6.03 Å². The molecule has 0 bridgehead atoms. The van der Waals surface area contributed by atoms with Crippen molar-refractivity contribution < 1.29 is 14.1 Å². The zero-order valence-electron chi connectivity index (χ0n) is 13.1. The Kier molecular flexibility index (Phi) is 4.73. The summed E-state index contributed by atoms with van der Waals surface area (Å²) in [7, 11) is 0. The van der Waals surface area contributed by atoms with Crippen molar-refractivity contribution in [2.75, 3.05) is 13.1 Å². The highest BCUT2D eigenvalue weighted by molar-refractivity contribution is 5.90. The molecule has 1 aliphatic rings. The normalized spacial score (nSPS) is 17.7. The number of hydrogen-bond donors (Lipinski definition) is 2. The SMILES string of the molecule is NC(=O)c1cc(CNC(=O)N2CCCC(Cn3ccnn3)C2)on1. The number of aromatic nitrogens is 4. The third-order valence-electron chi connectivity index (χ3n) is 3.95. The van der Waals surface area contributed by atoms with Crippen molar-refractivity contribution in [3.05, 3.63) is 29.9 Å². The van der Waals surface area contributed by atoms with Gasteiger partial charge in [-0.25, -0.2) is 4.79 Å². The van der Waals surface area contributed by atoms with E-state index in [1.54, 1.807) is 15.8 Å². The maximum atomic E-state index is 12.3. The number of carbonyl (C=O) groups is 2. The monoisotopic (exact) mass is 333 g/mol. The molecule has 0 radical (unpaired) electrons. The first-order chi connectivity index (χ1) is 11.6. The van der Waals surface area contributed by atoms with E-state index in [4.69, 9.17) is 10.3 Å². The van der Waals surface area contributed by atoms with Crippen LogP contribution in [-0.2, 0) is 13.1 Å². The van der Waals surface area contributed by atoms with Crippen LogP contribution in [0.15, 0.2) is 23.0 Å². The molecule has 0 spiro atoms. The molecule has 10 heteroatoms. The summed E-state index contributed by atoms with van der Waals surface area (Å²) in [6, 6.07) is 1.25. The number of rotatable bonds is 5. The number of hydrogen-bond acceptors (Lipinski definition) is 6. The Bertz CT molecular complexity index is 697. The van der Waals surface area contributed by atoms with Gasteiger partial charge in [0.2, 0.25) is 0 Å². The lowest BCUT2D eigenvalue weighted by atomic mass is 9.98. The van der Waals surface area contributed by atoms with Crippen LogP contribution in [0.5, 0.6) is 0 Å². The standard InChI is InChI=1S/C14H19N7O3/c15-13(22)12-6-11(24-18-12)7-16-14(23)20-4-1-2-10(8-20)9-21-5-3-17-19-21/h3,5-6,10H,1-2,4,7-9H2,(H2,15,22)(H,16,23). The van der Waals surface area contributed by atoms with E-state index in [0.29, 0.717) is 24.8 Å². The van der Waals surface area contributed by atoms with E-state index < -0.39 is 5.91 Å². The number of amides is 3. The van der Waals surface area contributed by atoms with Crippen molar-refractivity contribution in [1.82, 2.24) is 30.4 Å². The fourth-order valence-electron chi connectivity index (χ4n) is 2.78.